The summed E-state index contributed by atoms with van der Waals surface area (Å²) in [5.41, 5.74) is 2.75. The molecule has 1 unspecified atom stereocenters. The van der Waals surface area contributed by atoms with Gasteiger partial charge in [-0.25, -0.2) is 0 Å². The number of rotatable bonds is 7. The lowest BCUT2D eigenvalue weighted by atomic mass is 10.1. The maximum absolute atomic E-state index is 13.1. The summed E-state index contributed by atoms with van der Waals surface area (Å²) in [4.78, 5) is 13.1. The van der Waals surface area contributed by atoms with Crippen molar-refractivity contribution >= 4 is 17.7 Å². The van der Waals surface area contributed by atoms with Crippen LogP contribution in [0.25, 0.3) is 17.1 Å². The third-order valence-electron chi connectivity index (χ3n) is 5.23. The number of furan rings is 1. The van der Waals surface area contributed by atoms with Crippen molar-refractivity contribution in [2.24, 2.45) is 0 Å². The summed E-state index contributed by atoms with van der Waals surface area (Å²) in [6, 6.07) is 21.9. The molecule has 1 N–H and O–H groups in total. The van der Waals surface area contributed by atoms with Gasteiger partial charge < -0.3 is 9.73 Å². The van der Waals surface area contributed by atoms with Crippen LogP contribution in [0.3, 0.4) is 0 Å². The molecule has 2 heterocycles. The molecule has 0 radical (unpaired) electrons. The molecule has 1 aliphatic carbocycles. The second-order valence-electron chi connectivity index (χ2n) is 7.56. The van der Waals surface area contributed by atoms with E-state index >= 15 is 0 Å². The van der Waals surface area contributed by atoms with Crippen LogP contribution in [0.2, 0.25) is 0 Å². The van der Waals surface area contributed by atoms with Crippen molar-refractivity contribution in [3.05, 3.63) is 84.3 Å². The molecular formula is C24H22N4O2S. The lowest BCUT2D eigenvalue weighted by Crippen LogP contribution is -2.29. The quantitative estimate of drug-likeness (QED) is 0.420. The Morgan fingerprint density at radius 2 is 1.77 bits per heavy atom. The van der Waals surface area contributed by atoms with E-state index in [2.05, 4.69) is 15.5 Å². The van der Waals surface area contributed by atoms with Gasteiger partial charge >= 0.3 is 0 Å². The van der Waals surface area contributed by atoms with Gasteiger partial charge in [-0.2, -0.15) is 0 Å². The Kier molecular flexibility index (Phi) is 5.34. The van der Waals surface area contributed by atoms with Crippen molar-refractivity contribution in [2.45, 2.75) is 36.2 Å². The summed E-state index contributed by atoms with van der Waals surface area (Å²) >= 11 is 1.41. The molecule has 2 aromatic carbocycles. The molecule has 1 saturated carbocycles. The topological polar surface area (TPSA) is 72.9 Å². The molecule has 6 nitrogen and oxygen atoms in total. The average molecular weight is 431 g/mol. The summed E-state index contributed by atoms with van der Waals surface area (Å²) in [6.07, 6.45) is 3.74. The van der Waals surface area contributed by atoms with Crippen LogP contribution in [-0.2, 0) is 4.79 Å². The van der Waals surface area contributed by atoms with Crippen molar-refractivity contribution < 1.29 is 9.21 Å². The van der Waals surface area contributed by atoms with E-state index in [1.807, 2.05) is 78.2 Å². The third-order valence-corrected chi connectivity index (χ3v) is 6.43. The lowest BCUT2D eigenvalue weighted by molar-refractivity contribution is -0.120. The Balaban J connectivity index is 1.57. The van der Waals surface area contributed by atoms with Gasteiger partial charge in [-0.1, -0.05) is 60.3 Å². The van der Waals surface area contributed by atoms with Gasteiger partial charge in [0.05, 0.1) is 11.8 Å². The van der Waals surface area contributed by atoms with E-state index in [9.17, 15) is 4.79 Å². The van der Waals surface area contributed by atoms with Crippen LogP contribution in [-0.4, -0.2) is 26.7 Å². The number of carbonyl (C=O) groups excluding carboxylic acids is 1. The number of nitrogens with one attached hydrogen (secondary N) is 1. The molecule has 0 bridgehead atoms. The molecule has 1 aliphatic rings. The highest BCUT2D eigenvalue weighted by Crippen LogP contribution is 2.38. The molecule has 1 fully saturated rings. The smallest absolute Gasteiger partial charge is 0.238 e. The minimum atomic E-state index is -0.424. The zero-order valence-electron chi connectivity index (χ0n) is 17.1. The van der Waals surface area contributed by atoms with E-state index in [1.165, 1.54) is 11.8 Å². The maximum atomic E-state index is 13.1. The van der Waals surface area contributed by atoms with E-state index in [1.54, 1.807) is 6.26 Å². The molecule has 0 spiro atoms. The number of benzene rings is 2. The highest BCUT2D eigenvalue weighted by Gasteiger charge is 2.31. The third kappa shape index (κ3) is 4.14. The molecule has 7 heteroatoms. The van der Waals surface area contributed by atoms with Gasteiger partial charge in [-0.3, -0.25) is 9.36 Å². The van der Waals surface area contributed by atoms with Gasteiger partial charge in [0, 0.05) is 11.7 Å². The van der Waals surface area contributed by atoms with Gasteiger partial charge in [-0.05, 0) is 43.5 Å². The van der Waals surface area contributed by atoms with E-state index in [4.69, 9.17) is 4.42 Å². The molecule has 1 amide bonds. The minimum Gasteiger partial charge on any atom is -0.469 e. The summed E-state index contributed by atoms with van der Waals surface area (Å²) in [5.74, 6) is 1.46. The van der Waals surface area contributed by atoms with Crippen molar-refractivity contribution in [1.29, 1.82) is 0 Å². The first kappa shape index (κ1) is 19.6. The van der Waals surface area contributed by atoms with Crippen LogP contribution in [0.1, 0.15) is 29.4 Å². The Morgan fingerprint density at radius 1 is 1.06 bits per heavy atom. The summed E-state index contributed by atoms with van der Waals surface area (Å²) in [6.45, 7) is 1.90. The SMILES string of the molecule is Cc1occc1-c1nnc(SC(C(=O)NC2CC2)c2ccccc2)n1-c1ccccc1. The van der Waals surface area contributed by atoms with Crippen LogP contribution in [0.5, 0.6) is 0 Å². The summed E-state index contributed by atoms with van der Waals surface area (Å²) < 4.78 is 7.50. The fourth-order valence-corrected chi connectivity index (χ4v) is 4.52. The van der Waals surface area contributed by atoms with Gasteiger partial charge in [0.15, 0.2) is 11.0 Å². The predicted molar refractivity (Wildman–Crippen MR) is 120 cm³/mol. The fraction of sp³-hybridized carbons (Fsp3) is 0.208. The van der Waals surface area contributed by atoms with Gasteiger partial charge in [0.1, 0.15) is 11.0 Å². The van der Waals surface area contributed by atoms with Crippen LogP contribution in [0.15, 0.2) is 82.6 Å². The van der Waals surface area contributed by atoms with Crippen molar-refractivity contribution in [1.82, 2.24) is 20.1 Å². The second kappa shape index (κ2) is 8.43. The molecule has 0 saturated heterocycles. The molecule has 5 rings (SSSR count). The van der Waals surface area contributed by atoms with Crippen LogP contribution in [0.4, 0.5) is 0 Å². The Labute approximate surface area is 184 Å². The zero-order chi connectivity index (χ0) is 21.2. The van der Waals surface area contributed by atoms with E-state index in [-0.39, 0.29) is 11.9 Å². The summed E-state index contributed by atoms with van der Waals surface area (Å²) in [7, 11) is 0. The summed E-state index contributed by atoms with van der Waals surface area (Å²) in [5, 5.41) is 12.3. The Bertz CT molecular complexity index is 1180. The standard InChI is InChI=1S/C24H22N4O2S/c1-16-20(14-15-30-16)22-26-27-24(28(22)19-10-6-3-7-11-19)31-21(17-8-4-2-5-9-17)23(29)25-18-12-13-18/h2-11,14-15,18,21H,12-13H2,1H3,(H,25,29). The van der Waals surface area contributed by atoms with Gasteiger partial charge in [0.25, 0.3) is 0 Å². The first-order valence-corrected chi connectivity index (χ1v) is 11.2. The number of nitrogens with zero attached hydrogens (tertiary/aromatic N) is 3. The highest BCUT2D eigenvalue weighted by atomic mass is 32.2. The maximum Gasteiger partial charge on any atom is 0.238 e. The normalized spacial score (nSPS) is 14.4. The number of carbonyl (C=O) groups is 1. The lowest BCUT2D eigenvalue weighted by Gasteiger charge is -2.17. The van der Waals surface area contributed by atoms with Crippen LogP contribution in [0, 0.1) is 6.92 Å². The predicted octanol–water partition coefficient (Wildman–Crippen LogP) is 4.95. The number of para-hydroxylation sites is 1. The van der Waals surface area contributed by atoms with Crippen molar-refractivity contribution in [2.75, 3.05) is 0 Å². The highest BCUT2D eigenvalue weighted by molar-refractivity contribution is 8.00. The first-order chi connectivity index (χ1) is 15.2. The molecule has 31 heavy (non-hydrogen) atoms. The van der Waals surface area contributed by atoms with E-state index in [0.717, 1.165) is 35.4 Å². The number of hydrogen-bond acceptors (Lipinski definition) is 5. The Morgan fingerprint density at radius 3 is 2.42 bits per heavy atom. The van der Waals surface area contributed by atoms with E-state index < -0.39 is 5.25 Å². The van der Waals surface area contributed by atoms with Crippen LogP contribution >= 0.6 is 11.8 Å². The monoisotopic (exact) mass is 430 g/mol. The Hall–Kier alpha value is -3.32. The van der Waals surface area contributed by atoms with Crippen molar-refractivity contribution in [3.8, 4) is 17.1 Å². The van der Waals surface area contributed by atoms with Gasteiger partial charge in [-0.15, -0.1) is 10.2 Å². The number of amides is 1. The minimum absolute atomic E-state index is 0.00218. The first-order valence-electron chi connectivity index (χ1n) is 10.3. The number of hydrogen-bond donors (Lipinski definition) is 1. The molecule has 156 valence electrons. The number of aromatic nitrogens is 3. The molecule has 4 aromatic rings. The van der Waals surface area contributed by atoms with E-state index in [0.29, 0.717) is 11.0 Å². The molecule has 1 atom stereocenters. The molecule has 2 aromatic heterocycles. The molecule has 0 aliphatic heterocycles. The van der Waals surface area contributed by atoms with Gasteiger partial charge in [0.2, 0.25) is 5.91 Å². The number of aryl methyl sites for hydroxylation is 1. The number of thioether (sulfide) groups is 1. The van der Waals surface area contributed by atoms with Crippen molar-refractivity contribution in [3.63, 3.8) is 0 Å². The zero-order valence-corrected chi connectivity index (χ0v) is 17.9. The average Bonchev–Trinajstić information content (AvgIpc) is 3.36. The largest absolute Gasteiger partial charge is 0.469 e. The second-order valence-corrected chi connectivity index (χ2v) is 8.63. The van der Waals surface area contributed by atoms with Crippen LogP contribution < -0.4 is 5.32 Å². The molecular weight excluding hydrogens is 408 g/mol. The fourth-order valence-electron chi connectivity index (χ4n) is 3.46.